The Morgan fingerprint density at radius 1 is 1.50 bits per heavy atom. The molecule has 0 spiro atoms. The van der Waals surface area contributed by atoms with Crippen LogP contribution in [0.5, 0.6) is 0 Å². The Morgan fingerprint density at radius 3 is 2.25 bits per heavy atom. The summed E-state index contributed by atoms with van der Waals surface area (Å²) in [6, 6.07) is 0. The van der Waals surface area contributed by atoms with Gasteiger partial charge in [0.2, 0.25) is 0 Å². The van der Waals surface area contributed by atoms with E-state index in [1.165, 1.54) is 0 Å². The lowest BCUT2D eigenvalue weighted by Crippen LogP contribution is -2.03. The highest BCUT2D eigenvalue weighted by atomic mass is 16.5. The molecule has 0 unspecified atom stereocenters. The fourth-order valence-corrected chi connectivity index (χ4v) is 0.708. The molecule has 0 heterocycles. The van der Waals surface area contributed by atoms with Gasteiger partial charge in [0, 0.05) is 0 Å². The van der Waals surface area contributed by atoms with Crippen LogP contribution in [0.2, 0.25) is 0 Å². The van der Waals surface area contributed by atoms with Crippen molar-refractivity contribution in [2.24, 2.45) is 10.5 Å². The lowest BCUT2D eigenvalue weighted by Gasteiger charge is -2.14. The molecule has 0 amide bonds. The molecule has 68 valence electrons. The van der Waals surface area contributed by atoms with E-state index in [0.717, 1.165) is 0 Å². The van der Waals surface area contributed by atoms with Crippen molar-refractivity contribution in [2.45, 2.75) is 20.8 Å². The van der Waals surface area contributed by atoms with Gasteiger partial charge in [-0.2, -0.15) is 5.11 Å². The van der Waals surface area contributed by atoms with Crippen molar-refractivity contribution < 1.29 is 4.74 Å². The van der Waals surface area contributed by atoms with E-state index < -0.39 is 0 Å². The van der Waals surface area contributed by atoms with E-state index in [2.05, 4.69) is 11.7 Å². The normalized spacial score (nSPS) is 12.5. The van der Waals surface area contributed by atoms with Crippen molar-refractivity contribution in [1.82, 2.24) is 0 Å². The van der Waals surface area contributed by atoms with Crippen LogP contribution in [0, 0.1) is 10.9 Å². The van der Waals surface area contributed by atoms with Crippen LogP contribution >= 0.6 is 0 Å². The maximum absolute atomic E-state index is 6.75. The van der Waals surface area contributed by atoms with E-state index in [1.54, 1.807) is 7.11 Å². The van der Waals surface area contributed by atoms with Gasteiger partial charge in [0.05, 0.1) is 7.11 Å². The summed E-state index contributed by atoms with van der Waals surface area (Å²) in [6.07, 6.45) is 1.90. The Kier molecular flexibility index (Phi) is 3.67. The zero-order chi connectivity index (χ0) is 9.78. The van der Waals surface area contributed by atoms with Crippen LogP contribution in [0.3, 0.4) is 0 Å². The number of nitrogens with one attached hydrogen (secondary N) is 1. The van der Waals surface area contributed by atoms with Crippen LogP contribution in [0.15, 0.2) is 29.2 Å². The summed E-state index contributed by atoms with van der Waals surface area (Å²) in [5.41, 5.74) is 7.12. The molecular formula is C9H16N2O. The molecular weight excluding hydrogens is 152 g/mol. The second-order valence-corrected chi connectivity index (χ2v) is 3.64. The van der Waals surface area contributed by atoms with Gasteiger partial charge in [0.25, 0.3) is 0 Å². The molecule has 1 N–H and O–H groups in total. The Balaban J connectivity index is 4.66. The average Bonchev–Trinajstić information content (AvgIpc) is 1.97. The average molecular weight is 168 g/mol. The first kappa shape index (κ1) is 10.9. The number of rotatable bonds is 3. The van der Waals surface area contributed by atoms with Crippen LogP contribution in [0.1, 0.15) is 20.8 Å². The molecule has 0 rings (SSSR count). The van der Waals surface area contributed by atoms with Crippen LogP contribution in [-0.2, 0) is 4.74 Å². The monoisotopic (exact) mass is 168 g/mol. The summed E-state index contributed by atoms with van der Waals surface area (Å²) in [5.74, 6) is 0.567. The summed E-state index contributed by atoms with van der Waals surface area (Å²) in [7, 11) is 1.55. The van der Waals surface area contributed by atoms with Gasteiger partial charge in [-0.05, 0) is 11.5 Å². The molecule has 0 radical (unpaired) electrons. The summed E-state index contributed by atoms with van der Waals surface area (Å²) in [4.78, 5) is 0. The number of ether oxygens (including phenoxy) is 1. The lowest BCUT2D eigenvalue weighted by molar-refractivity contribution is 0.290. The molecule has 12 heavy (non-hydrogen) atoms. The highest BCUT2D eigenvalue weighted by molar-refractivity contribution is 5.22. The van der Waals surface area contributed by atoms with Gasteiger partial charge < -0.3 is 4.74 Å². The Bertz CT molecular complexity index is 211. The zero-order valence-electron chi connectivity index (χ0n) is 8.14. The van der Waals surface area contributed by atoms with Crippen molar-refractivity contribution in [3.05, 3.63) is 24.1 Å². The van der Waals surface area contributed by atoms with Crippen LogP contribution < -0.4 is 0 Å². The first-order chi connectivity index (χ1) is 5.40. The Hall–Kier alpha value is -1.12. The predicted octanol–water partition coefficient (Wildman–Crippen LogP) is 3.11. The van der Waals surface area contributed by atoms with Crippen LogP contribution in [-0.4, -0.2) is 7.11 Å². The summed E-state index contributed by atoms with van der Waals surface area (Å²) in [6.45, 7) is 9.72. The maximum atomic E-state index is 6.75. The number of hydrogen-bond acceptors (Lipinski definition) is 3. The SMILES string of the molecule is C=C(N=N)/C(=C\C(C)(C)C)OC. The second kappa shape index (κ2) is 4.04. The van der Waals surface area contributed by atoms with Crippen molar-refractivity contribution in [3.8, 4) is 0 Å². The van der Waals surface area contributed by atoms with E-state index in [4.69, 9.17) is 10.3 Å². The molecule has 0 saturated carbocycles. The maximum Gasteiger partial charge on any atom is 0.142 e. The molecule has 0 bridgehead atoms. The highest BCUT2D eigenvalue weighted by Gasteiger charge is 2.10. The van der Waals surface area contributed by atoms with E-state index >= 15 is 0 Å². The molecule has 3 nitrogen and oxygen atoms in total. The number of methoxy groups -OCH3 is 1. The number of allylic oxidation sites excluding steroid dienone is 1. The minimum absolute atomic E-state index is 0.0129. The lowest BCUT2D eigenvalue weighted by atomic mass is 9.95. The Morgan fingerprint density at radius 2 is 2.00 bits per heavy atom. The van der Waals surface area contributed by atoms with Crippen LogP contribution in [0.25, 0.3) is 0 Å². The minimum atomic E-state index is 0.0129. The van der Waals surface area contributed by atoms with Crippen LogP contribution in [0.4, 0.5) is 0 Å². The van der Waals surface area contributed by atoms with Gasteiger partial charge in [-0.25, -0.2) is 5.53 Å². The minimum Gasteiger partial charge on any atom is -0.495 e. The largest absolute Gasteiger partial charge is 0.495 e. The summed E-state index contributed by atoms with van der Waals surface area (Å²) in [5, 5.41) is 3.21. The predicted molar refractivity (Wildman–Crippen MR) is 48.8 cm³/mol. The van der Waals surface area contributed by atoms with E-state index in [0.29, 0.717) is 11.5 Å². The van der Waals surface area contributed by atoms with Gasteiger partial charge in [0.15, 0.2) is 0 Å². The summed E-state index contributed by atoms with van der Waals surface area (Å²) >= 11 is 0. The quantitative estimate of drug-likeness (QED) is 0.393. The molecule has 0 aliphatic rings. The third kappa shape index (κ3) is 3.91. The number of nitrogens with zero attached hydrogens (tertiary/aromatic N) is 1. The molecule has 0 aliphatic carbocycles. The van der Waals surface area contributed by atoms with E-state index in [9.17, 15) is 0 Å². The van der Waals surface area contributed by atoms with Gasteiger partial charge in [-0.3, -0.25) is 0 Å². The first-order valence-electron chi connectivity index (χ1n) is 3.74. The smallest absolute Gasteiger partial charge is 0.142 e. The van der Waals surface area contributed by atoms with E-state index in [1.807, 2.05) is 26.8 Å². The van der Waals surface area contributed by atoms with Crippen molar-refractivity contribution in [3.63, 3.8) is 0 Å². The third-order valence-electron chi connectivity index (χ3n) is 1.20. The highest BCUT2D eigenvalue weighted by Crippen LogP contribution is 2.21. The Labute approximate surface area is 73.6 Å². The number of hydrogen-bond donors (Lipinski definition) is 1. The van der Waals surface area contributed by atoms with E-state index in [-0.39, 0.29) is 5.41 Å². The van der Waals surface area contributed by atoms with Crippen molar-refractivity contribution in [1.29, 1.82) is 5.53 Å². The molecule has 0 saturated heterocycles. The third-order valence-corrected chi connectivity index (χ3v) is 1.20. The molecule has 3 heteroatoms. The van der Waals surface area contributed by atoms with Gasteiger partial charge in [-0.15, -0.1) is 0 Å². The first-order valence-corrected chi connectivity index (χ1v) is 3.74. The van der Waals surface area contributed by atoms with Gasteiger partial charge in [0.1, 0.15) is 11.5 Å². The molecule has 0 aliphatic heterocycles. The molecule has 0 aromatic carbocycles. The fraction of sp³-hybridized carbons (Fsp3) is 0.556. The summed E-state index contributed by atoms with van der Waals surface area (Å²) < 4.78 is 5.03. The van der Waals surface area contributed by atoms with Crippen molar-refractivity contribution in [2.75, 3.05) is 7.11 Å². The molecule has 0 aromatic heterocycles. The molecule has 0 aromatic rings. The second-order valence-electron chi connectivity index (χ2n) is 3.64. The standard InChI is InChI=1S/C9H16N2O/c1-7(11-10)8(12-5)6-9(2,3)4/h6,10H,1H2,2-5H3/b8-6+,11-10?. The molecule has 0 fully saturated rings. The molecule has 0 atom stereocenters. The van der Waals surface area contributed by atoms with Gasteiger partial charge in [-0.1, -0.05) is 27.4 Å². The van der Waals surface area contributed by atoms with Gasteiger partial charge >= 0.3 is 0 Å². The fourth-order valence-electron chi connectivity index (χ4n) is 0.708. The zero-order valence-corrected chi connectivity index (χ0v) is 8.14. The topological polar surface area (TPSA) is 45.4 Å². The van der Waals surface area contributed by atoms with Crippen molar-refractivity contribution >= 4 is 0 Å².